The molecule has 0 bridgehead atoms. The molecule has 0 fully saturated rings. The third kappa shape index (κ3) is 7.79. The predicted molar refractivity (Wildman–Crippen MR) is 116 cm³/mol. The molecule has 0 aromatic heterocycles. The Morgan fingerprint density at radius 3 is 2.52 bits per heavy atom. The van der Waals surface area contributed by atoms with Gasteiger partial charge in [0.05, 0.1) is 6.61 Å². The third-order valence-electron chi connectivity index (χ3n) is 4.15. The second kappa shape index (κ2) is 11.3. The molecular formula is C22H28N2O2S. The predicted octanol–water partition coefficient (Wildman–Crippen LogP) is 5.47. The Hall–Kier alpha value is -2.40. The minimum atomic E-state index is -0.230. The molecular weight excluding hydrogens is 356 g/mol. The summed E-state index contributed by atoms with van der Waals surface area (Å²) in [5.74, 6) is 0.565. The van der Waals surface area contributed by atoms with Crippen LogP contribution >= 0.6 is 12.2 Å². The van der Waals surface area contributed by atoms with Gasteiger partial charge >= 0.3 is 0 Å². The Morgan fingerprint density at radius 1 is 1.04 bits per heavy atom. The van der Waals surface area contributed by atoms with Crippen LogP contribution in [0.3, 0.4) is 0 Å². The highest BCUT2D eigenvalue weighted by Crippen LogP contribution is 2.18. The van der Waals surface area contributed by atoms with Crippen LogP contribution in [0, 0.1) is 6.92 Å². The van der Waals surface area contributed by atoms with Crippen LogP contribution in [0.2, 0.25) is 0 Å². The lowest BCUT2D eigenvalue weighted by Gasteiger charge is -2.11. The minimum absolute atomic E-state index is 0.230. The van der Waals surface area contributed by atoms with E-state index in [1.165, 1.54) is 25.7 Å². The van der Waals surface area contributed by atoms with Crippen LogP contribution in [0.15, 0.2) is 48.5 Å². The molecule has 1 amide bonds. The molecule has 0 radical (unpaired) electrons. The lowest BCUT2D eigenvalue weighted by Crippen LogP contribution is -2.34. The van der Waals surface area contributed by atoms with E-state index in [0.717, 1.165) is 23.4 Å². The van der Waals surface area contributed by atoms with Crippen molar-refractivity contribution in [2.75, 3.05) is 11.9 Å². The molecule has 2 aromatic carbocycles. The maximum absolute atomic E-state index is 12.2. The van der Waals surface area contributed by atoms with Gasteiger partial charge in [0.1, 0.15) is 5.75 Å². The number of carbonyl (C=O) groups is 1. The zero-order chi connectivity index (χ0) is 19.5. The molecule has 0 heterocycles. The molecule has 144 valence electrons. The fourth-order valence-corrected chi connectivity index (χ4v) is 2.81. The topological polar surface area (TPSA) is 50.4 Å². The van der Waals surface area contributed by atoms with E-state index in [4.69, 9.17) is 17.0 Å². The summed E-state index contributed by atoms with van der Waals surface area (Å²) in [6.07, 6.45) is 6.04. The lowest BCUT2D eigenvalue weighted by molar-refractivity contribution is 0.0977. The minimum Gasteiger partial charge on any atom is -0.494 e. The number of nitrogens with one attached hydrogen (secondary N) is 2. The van der Waals surface area contributed by atoms with E-state index in [1.54, 1.807) is 12.1 Å². The standard InChI is InChI=1S/C22H28N2O2S/c1-3-4-5-6-7-15-26-20-10-8-9-19(16-20)23-22(27)24-21(25)18-13-11-17(2)12-14-18/h8-14,16H,3-7,15H2,1-2H3,(H2,23,24,25,27). The summed E-state index contributed by atoms with van der Waals surface area (Å²) in [5, 5.41) is 5.99. The molecule has 27 heavy (non-hydrogen) atoms. The van der Waals surface area contributed by atoms with Crippen molar-refractivity contribution in [3.05, 3.63) is 59.7 Å². The molecule has 0 unspecified atom stereocenters. The maximum Gasteiger partial charge on any atom is 0.257 e. The van der Waals surface area contributed by atoms with Crippen molar-refractivity contribution in [1.29, 1.82) is 0 Å². The van der Waals surface area contributed by atoms with Crippen molar-refractivity contribution in [3.63, 3.8) is 0 Å². The normalized spacial score (nSPS) is 10.3. The summed E-state index contributed by atoms with van der Waals surface area (Å²) >= 11 is 5.24. The van der Waals surface area contributed by atoms with Crippen molar-refractivity contribution in [1.82, 2.24) is 5.32 Å². The van der Waals surface area contributed by atoms with Crippen LogP contribution in [0.4, 0.5) is 5.69 Å². The SMILES string of the molecule is CCCCCCCOc1cccc(NC(=S)NC(=O)c2ccc(C)cc2)c1. The van der Waals surface area contributed by atoms with Gasteiger partial charge in [0.2, 0.25) is 0 Å². The number of hydrogen-bond donors (Lipinski definition) is 2. The Kier molecular flexibility index (Phi) is 8.78. The van der Waals surface area contributed by atoms with E-state index in [1.807, 2.05) is 43.3 Å². The molecule has 2 rings (SSSR count). The molecule has 2 aromatic rings. The molecule has 0 aliphatic heterocycles. The fraction of sp³-hybridized carbons (Fsp3) is 0.364. The highest BCUT2D eigenvalue weighted by molar-refractivity contribution is 7.80. The van der Waals surface area contributed by atoms with Gasteiger partial charge in [0.25, 0.3) is 5.91 Å². The highest BCUT2D eigenvalue weighted by atomic mass is 32.1. The zero-order valence-electron chi connectivity index (χ0n) is 16.1. The fourth-order valence-electron chi connectivity index (χ4n) is 2.60. The first-order chi connectivity index (χ1) is 13.1. The molecule has 0 saturated carbocycles. The van der Waals surface area contributed by atoms with Crippen LogP contribution in [0.1, 0.15) is 54.9 Å². The van der Waals surface area contributed by atoms with Gasteiger partial charge in [-0.15, -0.1) is 0 Å². The molecule has 0 spiro atoms. The molecule has 0 aliphatic rings. The van der Waals surface area contributed by atoms with Gasteiger partial charge < -0.3 is 10.1 Å². The van der Waals surface area contributed by atoms with E-state index in [2.05, 4.69) is 17.6 Å². The lowest BCUT2D eigenvalue weighted by atomic mass is 10.1. The first kappa shape index (κ1) is 20.9. The quantitative estimate of drug-likeness (QED) is 0.444. The summed E-state index contributed by atoms with van der Waals surface area (Å²) in [4.78, 5) is 12.2. The maximum atomic E-state index is 12.2. The monoisotopic (exact) mass is 384 g/mol. The third-order valence-corrected chi connectivity index (χ3v) is 4.35. The molecule has 5 heteroatoms. The van der Waals surface area contributed by atoms with Crippen LogP contribution < -0.4 is 15.4 Å². The second-order valence-corrected chi connectivity index (χ2v) is 6.97. The smallest absolute Gasteiger partial charge is 0.257 e. The molecule has 0 saturated heterocycles. The molecule has 2 N–H and O–H groups in total. The van der Waals surface area contributed by atoms with Gasteiger partial charge in [0.15, 0.2) is 5.11 Å². The van der Waals surface area contributed by atoms with Crippen LogP contribution in [-0.2, 0) is 0 Å². The Labute approximate surface area is 167 Å². The summed E-state index contributed by atoms with van der Waals surface area (Å²) < 4.78 is 5.80. The highest BCUT2D eigenvalue weighted by Gasteiger charge is 2.08. The molecule has 0 aliphatic carbocycles. The van der Waals surface area contributed by atoms with Gasteiger partial charge in [0, 0.05) is 17.3 Å². The van der Waals surface area contributed by atoms with E-state index in [9.17, 15) is 4.79 Å². The zero-order valence-corrected chi connectivity index (χ0v) is 16.9. The second-order valence-electron chi connectivity index (χ2n) is 6.56. The van der Waals surface area contributed by atoms with E-state index in [0.29, 0.717) is 12.2 Å². The summed E-state index contributed by atoms with van der Waals surface area (Å²) in [6, 6.07) is 15.0. The van der Waals surface area contributed by atoms with Crippen molar-refractivity contribution in [2.45, 2.75) is 46.0 Å². The number of hydrogen-bond acceptors (Lipinski definition) is 3. The van der Waals surface area contributed by atoms with E-state index < -0.39 is 0 Å². The number of rotatable bonds is 9. The Morgan fingerprint density at radius 2 is 1.78 bits per heavy atom. The average molecular weight is 385 g/mol. The number of benzene rings is 2. The van der Waals surface area contributed by atoms with E-state index >= 15 is 0 Å². The number of carbonyl (C=O) groups excluding carboxylic acids is 1. The number of unbranched alkanes of at least 4 members (excludes halogenated alkanes) is 4. The summed E-state index contributed by atoms with van der Waals surface area (Å²) in [7, 11) is 0. The summed E-state index contributed by atoms with van der Waals surface area (Å²) in [6.45, 7) is 4.90. The number of amides is 1. The molecule has 4 nitrogen and oxygen atoms in total. The number of aryl methyl sites for hydroxylation is 1. The average Bonchev–Trinajstić information content (AvgIpc) is 2.65. The number of anilines is 1. The van der Waals surface area contributed by atoms with Crippen molar-refractivity contribution >= 4 is 28.9 Å². The summed E-state index contributed by atoms with van der Waals surface area (Å²) in [5.41, 5.74) is 2.46. The molecule has 0 atom stereocenters. The van der Waals surface area contributed by atoms with E-state index in [-0.39, 0.29) is 11.0 Å². The van der Waals surface area contributed by atoms with Crippen LogP contribution in [0.5, 0.6) is 5.75 Å². The van der Waals surface area contributed by atoms with Crippen molar-refractivity contribution in [3.8, 4) is 5.75 Å². The largest absolute Gasteiger partial charge is 0.494 e. The first-order valence-electron chi connectivity index (χ1n) is 9.50. The van der Waals surface area contributed by atoms with Gasteiger partial charge in [-0.05, 0) is 49.8 Å². The van der Waals surface area contributed by atoms with Gasteiger partial charge in [-0.2, -0.15) is 0 Å². The van der Waals surface area contributed by atoms with Crippen molar-refractivity contribution < 1.29 is 9.53 Å². The van der Waals surface area contributed by atoms with Gasteiger partial charge in [-0.3, -0.25) is 10.1 Å². The number of thiocarbonyl (C=S) groups is 1. The number of ether oxygens (including phenoxy) is 1. The van der Waals surface area contributed by atoms with Gasteiger partial charge in [-0.1, -0.05) is 56.4 Å². The van der Waals surface area contributed by atoms with Gasteiger partial charge in [-0.25, -0.2) is 0 Å². The first-order valence-corrected chi connectivity index (χ1v) is 9.91. The Bertz CT molecular complexity index is 744. The van der Waals surface area contributed by atoms with Crippen molar-refractivity contribution in [2.24, 2.45) is 0 Å². The van der Waals surface area contributed by atoms with Crippen LogP contribution in [0.25, 0.3) is 0 Å². The van der Waals surface area contributed by atoms with Crippen LogP contribution in [-0.4, -0.2) is 17.6 Å². The Balaban J connectivity index is 1.79.